The van der Waals surface area contributed by atoms with Gasteiger partial charge in [0.15, 0.2) is 0 Å². The van der Waals surface area contributed by atoms with E-state index in [1.807, 2.05) is 0 Å². The lowest BCUT2D eigenvalue weighted by molar-refractivity contribution is -0.120. The maximum Gasteiger partial charge on any atom is 0.414 e. The third kappa shape index (κ3) is 5.73. The van der Waals surface area contributed by atoms with E-state index in [9.17, 15) is 18.8 Å². The van der Waals surface area contributed by atoms with Crippen molar-refractivity contribution in [2.75, 3.05) is 24.5 Å². The maximum absolute atomic E-state index is 14.8. The molecule has 0 radical (unpaired) electrons. The average Bonchev–Trinajstić information content (AvgIpc) is 3.15. The number of hydrogen-bond acceptors (Lipinski definition) is 5. The summed E-state index contributed by atoms with van der Waals surface area (Å²) in [5, 5.41) is 8.39. The van der Waals surface area contributed by atoms with E-state index >= 15 is 0 Å². The number of azide groups is 1. The Bertz CT molecular complexity index is 1070. The first-order chi connectivity index (χ1) is 15.4. The van der Waals surface area contributed by atoms with E-state index in [0.717, 1.165) is 5.56 Å². The smallest absolute Gasteiger partial charge is 0.414 e. The average molecular weight is 440 g/mol. The molecule has 1 fully saturated rings. The summed E-state index contributed by atoms with van der Waals surface area (Å²) in [6, 6.07) is 11.4. The molecule has 3 amide bonds. The molecule has 0 aromatic heterocycles. The minimum Gasteiger partial charge on any atom is -0.442 e. The number of amides is 3. The monoisotopic (exact) mass is 440 g/mol. The van der Waals surface area contributed by atoms with E-state index in [-0.39, 0.29) is 32.1 Å². The van der Waals surface area contributed by atoms with Crippen molar-refractivity contribution in [1.29, 1.82) is 0 Å². The van der Waals surface area contributed by atoms with E-state index in [1.165, 1.54) is 17.9 Å². The number of rotatable bonds is 8. The standard InChI is InChI=1S/C21H21FN6O4/c1-13(29)24-10-17-12-28(21(31)32-17)16-6-7-18(19(22)8-16)15-4-2-14(3-5-15)9-25-20(30)11-26-27-23/h2-8,17H,9-12H2,1H3,(H,24,29)(H,25,30)/t17-/m0/s1. The fourth-order valence-electron chi connectivity index (χ4n) is 3.16. The lowest BCUT2D eigenvalue weighted by Gasteiger charge is -2.15. The Labute approximate surface area is 183 Å². The number of benzene rings is 2. The van der Waals surface area contributed by atoms with Gasteiger partial charge in [0, 0.05) is 23.9 Å². The van der Waals surface area contributed by atoms with Crippen LogP contribution in [0.2, 0.25) is 0 Å². The molecule has 1 heterocycles. The van der Waals surface area contributed by atoms with E-state index in [1.54, 1.807) is 36.4 Å². The molecule has 1 atom stereocenters. The third-order valence-corrected chi connectivity index (χ3v) is 4.75. The Morgan fingerprint density at radius 1 is 1.25 bits per heavy atom. The lowest BCUT2D eigenvalue weighted by Crippen LogP contribution is -2.33. The molecule has 2 aromatic rings. The molecule has 1 aliphatic rings. The fourth-order valence-corrected chi connectivity index (χ4v) is 3.16. The van der Waals surface area contributed by atoms with Crippen molar-refractivity contribution >= 4 is 23.6 Å². The summed E-state index contributed by atoms with van der Waals surface area (Å²) in [4.78, 5) is 38.5. The van der Waals surface area contributed by atoms with Crippen LogP contribution in [0.15, 0.2) is 47.6 Å². The molecule has 32 heavy (non-hydrogen) atoms. The van der Waals surface area contributed by atoms with Crippen LogP contribution >= 0.6 is 0 Å². The van der Waals surface area contributed by atoms with Gasteiger partial charge in [0.05, 0.1) is 18.8 Å². The van der Waals surface area contributed by atoms with Gasteiger partial charge < -0.3 is 15.4 Å². The van der Waals surface area contributed by atoms with Crippen molar-refractivity contribution in [2.24, 2.45) is 5.11 Å². The Balaban J connectivity index is 1.65. The summed E-state index contributed by atoms with van der Waals surface area (Å²) in [5.41, 5.74) is 10.4. The molecular weight excluding hydrogens is 419 g/mol. The second-order valence-electron chi connectivity index (χ2n) is 7.08. The highest BCUT2D eigenvalue weighted by Gasteiger charge is 2.32. The van der Waals surface area contributed by atoms with Gasteiger partial charge in [0.25, 0.3) is 0 Å². The summed E-state index contributed by atoms with van der Waals surface area (Å²) in [6.07, 6.45) is -1.10. The number of nitrogens with one attached hydrogen (secondary N) is 2. The molecule has 2 N–H and O–H groups in total. The molecule has 0 saturated carbocycles. The predicted octanol–water partition coefficient (Wildman–Crippen LogP) is 2.88. The molecule has 0 bridgehead atoms. The van der Waals surface area contributed by atoms with Crippen LogP contribution in [-0.2, 0) is 20.9 Å². The number of ether oxygens (including phenoxy) is 1. The summed E-state index contributed by atoms with van der Waals surface area (Å²) in [5.74, 6) is -1.12. The molecule has 166 valence electrons. The molecule has 10 nitrogen and oxygen atoms in total. The van der Waals surface area contributed by atoms with Crippen LogP contribution < -0.4 is 15.5 Å². The predicted molar refractivity (Wildman–Crippen MR) is 114 cm³/mol. The second kappa shape index (κ2) is 10.3. The van der Waals surface area contributed by atoms with Crippen LogP contribution in [0.1, 0.15) is 12.5 Å². The number of carbonyl (C=O) groups is 3. The van der Waals surface area contributed by atoms with Gasteiger partial charge in [-0.3, -0.25) is 14.5 Å². The molecule has 0 unspecified atom stereocenters. The SMILES string of the molecule is CC(=O)NC[C@H]1CN(c2ccc(-c3ccc(CNC(=O)CN=[N+]=[N-])cc3)c(F)c2)C(=O)O1. The highest BCUT2D eigenvalue weighted by molar-refractivity contribution is 5.90. The topological polar surface area (TPSA) is 136 Å². The van der Waals surface area contributed by atoms with Crippen molar-refractivity contribution in [3.05, 3.63) is 64.3 Å². The van der Waals surface area contributed by atoms with Crippen molar-refractivity contribution in [3.63, 3.8) is 0 Å². The highest BCUT2D eigenvalue weighted by Crippen LogP contribution is 2.29. The number of cyclic esters (lactones) is 1. The van der Waals surface area contributed by atoms with Gasteiger partial charge in [-0.15, -0.1) is 0 Å². The Morgan fingerprint density at radius 3 is 2.66 bits per heavy atom. The minimum atomic E-state index is -0.598. The summed E-state index contributed by atoms with van der Waals surface area (Å²) in [6.45, 7) is 1.74. The first kappa shape index (κ1) is 22.6. The Kier molecular flexibility index (Phi) is 7.25. The van der Waals surface area contributed by atoms with Crippen LogP contribution in [0.25, 0.3) is 21.6 Å². The largest absolute Gasteiger partial charge is 0.442 e. The number of carbonyl (C=O) groups excluding carboxylic acids is 3. The molecular formula is C21H21FN6O4. The van der Waals surface area contributed by atoms with E-state index in [2.05, 4.69) is 20.7 Å². The molecule has 1 aliphatic heterocycles. The Morgan fingerprint density at radius 2 is 2.00 bits per heavy atom. The summed E-state index contributed by atoms with van der Waals surface area (Å²) < 4.78 is 20.0. The first-order valence-electron chi connectivity index (χ1n) is 9.76. The van der Waals surface area contributed by atoms with Gasteiger partial charge in [-0.1, -0.05) is 29.4 Å². The maximum atomic E-state index is 14.8. The molecule has 2 aromatic carbocycles. The zero-order valence-corrected chi connectivity index (χ0v) is 17.2. The number of anilines is 1. The van der Waals surface area contributed by atoms with Crippen molar-refractivity contribution in [3.8, 4) is 11.1 Å². The van der Waals surface area contributed by atoms with Crippen LogP contribution in [0.3, 0.4) is 0 Å². The van der Waals surface area contributed by atoms with Crippen LogP contribution in [-0.4, -0.2) is 43.6 Å². The van der Waals surface area contributed by atoms with Gasteiger partial charge in [-0.25, -0.2) is 9.18 Å². The van der Waals surface area contributed by atoms with Gasteiger partial charge in [0.1, 0.15) is 18.5 Å². The normalized spacial score (nSPS) is 15.0. The zero-order chi connectivity index (χ0) is 23.1. The molecule has 1 saturated heterocycles. The Hall–Kier alpha value is -4.11. The van der Waals surface area contributed by atoms with E-state index in [0.29, 0.717) is 16.8 Å². The summed E-state index contributed by atoms with van der Waals surface area (Å²) in [7, 11) is 0. The number of halogens is 1. The molecule has 0 aliphatic carbocycles. The van der Waals surface area contributed by atoms with Crippen LogP contribution in [0.5, 0.6) is 0 Å². The van der Waals surface area contributed by atoms with Gasteiger partial charge >= 0.3 is 6.09 Å². The second-order valence-corrected chi connectivity index (χ2v) is 7.08. The van der Waals surface area contributed by atoms with Gasteiger partial charge in [-0.2, -0.15) is 0 Å². The van der Waals surface area contributed by atoms with Crippen molar-refractivity contribution in [2.45, 2.75) is 19.6 Å². The summed E-state index contributed by atoms with van der Waals surface area (Å²) >= 11 is 0. The number of nitrogens with zero attached hydrogens (tertiary/aromatic N) is 4. The van der Waals surface area contributed by atoms with Gasteiger partial charge in [0.2, 0.25) is 11.8 Å². The molecule has 3 rings (SSSR count). The lowest BCUT2D eigenvalue weighted by atomic mass is 10.0. The zero-order valence-electron chi connectivity index (χ0n) is 17.2. The number of hydrogen-bond donors (Lipinski definition) is 2. The van der Waals surface area contributed by atoms with Crippen molar-refractivity contribution < 1.29 is 23.5 Å². The van der Waals surface area contributed by atoms with Crippen LogP contribution in [0, 0.1) is 5.82 Å². The van der Waals surface area contributed by atoms with Crippen molar-refractivity contribution in [1.82, 2.24) is 10.6 Å². The first-order valence-corrected chi connectivity index (χ1v) is 9.76. The molecule has 0 spiro atoms. The van der Waals surface area contributed by atoms with E-state index < -0.39 is 23.9 Å². The highest BCUT2D eigenvalue weighted by atomic mass is 19.1. The fraction of sp³-hybridized carbons (Fsp3) is 0.286. The van der Waals surface area contributed by atoms with Gasteiger partial charge in [-0.05, 0) is 34.9 Å². The minimum absolute atomic E-state index is 0.191. The molecule has 11 heteroatoms. The van der Waals surface area contributed by atoms with Crippen LogP contribution in [0.4, 0.5) is 14.9 Å². The quantitative estimate of drug-likeness (QED) is 0.370. The van der Waals surface area contributed by atoms with E-state index in [4.69, 9.17) is 10.3 Å². The third-order valence-electron chi connectivity index (χ3n) is 4.75.